The summed E-state index contributed by atoms with van der Waals surface area (Å²) in [5.41, 5.74) is 1.34. The molecule has 3 aromatic rings. The molecule has 0 spiro atoms. The maximum absolute atomic E-state index is 12.7. The van der Waals surface area contributed by atoms with Crippen LogP contribution < -0.4 is 10.4 Å². The van der Waals surface area contributed by atoms with E-state index in [9.17, 15) is 4.79 Å². The lowest BCUT2D eigenvalue weighted by Crippen LogP contribution is -2.33. The van der Waals surface area contributed by atoms with Gasteiger partial charge in [0.15, 0.2) is 5.65 Å². The Bertz CT molecular complexity index is 999. The molecule has 25 heavy (non-hydrogen) atoms. The topological polar surface area (TPSA) is 66.2 Å². The van der Waals surface area contributed by atoms with Crippen LogP contribution in [-0.2, 0) is 4.74 Å². The molecule has 7 heteroatoms. The molecule has 1 aromatic carbocycles. The number of fused-ring (bicyclic) bond motifs is 1. The first kappa shape index (κ1) is 16.1. The molecule has 1 fully saturated rings. The molecule has 1 aliphatic heterocycles. The van der Waals surface area contributed by atoms with Gasteiger partial charge in [-0.3, -0.25) is 0 Å². The van der Waals surface area contributed by atoms with E-state index in [0.717, 1.165) is 5.69 Å². The van der Waals surface area contributed by atoms with Gasteiger partial charge in [-0.05, 0) is 31.2 Å². The van der Waals surface area contributed by atoms with Crippen molar-refractivity contribution in [3.63, 3.8) is 0 Å². The summed E-state index contributed by atoms with van der Waals surface area (Å²) in [6.07, 6.45) is 0. The van der Waals surface area contributed by atoms with Crippen molar-refractivity contribution in [3.8, 4) is 11.6 Å². The Kier molecular flexibility index (Phi) is 4.15. The zero-order valence-corrected chi connectivity index (χ0v) is 14.4. The van der Waals surface area contributed by atoms with E-state index in [1.807, 2.05) is 31.2 Å². The summed E-state index contributed by atoms with van der Waals surface area (Å²) < 4.78 is 12.4. The number of ether oxygens (including phenoxy) is 2. The van der Waals surface area contributed by atoms with Gasteiger partial charge in [0, 0.05) is 11.6 Å². The molecule has 1 aliphatic rings. The standard InChI is InChI=1S/C18H16ClN3O3/c1-11-6-7-13-16(20-11)22(15-5-3-2-4-14(15)19)18(23)21-17(13)25-10-12-8-24-9-12/h2-7,12H,8-10H2,1H3. The number of aryl methyl sites for hydroxylation is 1. The number of nitrogens with zero attached hydrogens (tertiary/aromatic N) is 3. The third-order valence-electron chi connectivity index (χ3n) is 4.10. The molecule has 6 nitrogen and oxygen atoms in total. The van der Waals surface area contributed by atoms with Gasteiger partial charge in [0.1, 0.15) is 0 Å². The van der Waals surface area contributed by atoms with Gasteiger partial charge in [-0.2, -0.15) is 4.98 Å². The van der Waals surface area contributed by atoms with Gasteiger partial charge in [-0.15, -0.1) is 0 Å². The van der Waals surface area contributed by atoms with Crippen molar-refractivity contribution < 1.29 is 9.47 Å². The van der Waals surface area contributed by atoms with Crippen LogP contribution in [0.1, 0.15) is 5.69 Å². The van der Waals surface area contributed by atoms with E-state index in [2.05, 4.69) is 9.97 Å². The molecule has 0 amide bonds. The van der Waals surface area contributed by atoms with Crippen LogP contribution in [0.3, 0.4) is 0 Å². The van der Waals surface area contributed by atoms with Crippen molar-refractivity contribution in [1.29, 1.82) is 0 Å². The van der Waals surface area contributed by atoms with Crippen LogP contribution in [0.5, 0.6) is 5.88 Å². The molecule has 0 saturated carbocycles. The summed E-state index contributed by atoms with van der Waals surface area (Å²) in [6.45, 7) is 3.68. The fourth-order valence-electron chi connectivity index (χ4n) is 2.71. The second-order valence-electron chi connectivity index (χ2n) is 6.02. The Hall–Kier alpha value is -2.44. The second-order valence-corrected chi connectivity index (χ2v) is 6.43. The van der Waals surface area contributed by atoms with Crippen molar-refractivity contribution >= 4 is 22.6 Å². The molecular weight excluding hydrogens is 342 g/mol. The number of hydrogen-bond acceptors (Lipinski definition) is 5. The molecule has 4 rings (SSSR count). The Morgan fingerprint density at radius 1 is 1.24 bits per heavy atom. The largest absolute Gasteiger partial charge is 0.477 e. The molecular formula is C18H16ClN3O3. The summed E-state index contributed by atoms with van der Waals surface area (Å²) in [6, 6.07) is 10.8. The predicted molar refractivity (Wildman–Crippen MR) is 94.7 cm³/mol. The Balaban J connectivity index is 1.89. The average Bonchev–Trinajstić information content (AvgIpc) is 2.54. The number of hydrogen-bond donors (Lipinski definition) is 0. The zero-order chi connectivity index (χ0) is 17.4. The molecule has 0 bridgehead atoms. The first-order chi connectivity index (χ1) is 12.1. The van der Waals surface area contributed by atoms with Gasteiger partial charge in [0.2, 0.25) is 5.88 Å². The predicted octanol–water partition coefficient (Wildman–Crippen LogP) is 2.77. The highest BCUT2D eigenvalue weighted by atomic mass is 35.5. The highest BCUT2D eigenvalue weighted by Gasteiger charge is 2.21. The van der Waals surface area contributed by atoms with Crippen molar-refractivity contribution in [2.24, 2.45) is 5.92 Å². The minimum atomic E-state index is -0.474. The monoisotopic (exact) mass is 357 g/mol. The van der Waals surface area contributed by atoms with Crippen molar-refractivity contribution in [2.45, 2.75) is 6.92 Å². The summed E-state index contributed by atoms with van der Waals surface area (Å²) in [5.74, 6) is 0.629. The average molecular weight is 358 g/mol. The van der Waals surface area contributed by atoms with Crippen LogP contribution in [0.25, 0.3) is 16.7 Å². The minimum Gasteiger partial charge on any atom is -0.477 e. The fourth-order valence-corrected chi connectivity index (χ4v) is 2.93. The zero-order valence-electron chi connectivity index (χ0n) is 13.6. The van der Waals surface area contributed by atoms with E-state index in [1.54, 1.807) is 12.1 Å². The molecule has 0 N–H and O–H groups in total. The van der Waals surface area contributed by atoms with Gasteiger partial charge in [0.25, 0.3) is 0 Å². The van der Waals surface area contributed by atoms with E-state index in [4.69, 9.17) is 21.1 Å². The lowest BCUT2D eigenvalue weighted by molar-refractivity contribution is -0.0512. The number of pyridine rings is 1. The van der Waals surface area contributed by atoms with E-state index in [1.165, 1.54) is 4.57 Å². The fraction of sp³-hybridized carbons (Fsp3) is 0.278. The van der Waals surface area contributed by atoms with Crippen molar-refractivity contribution in [2.75, 3.05) is 19.8 Å². The molecule has 128 valence electrons. The minimum absolute atomic E-state index is 0.294. The Morgan fingerprint density at radius 2 is 2.04 bits per heavy atom. The maximum atomic E-state index is 12.7. The van der Waals surface area contributed by atoms with E-state index in [-0.39, 0.29) is 0 Å². The van der Waals surface area contributed by atoms with Crippen LogP contribution in [0.2, 0.25) is 5.02 Å². The second kappa shape index (κ2) is 6.46. The normalized spacial score (nSPS) is 14.5. The number of halogens is 1. The third kappa shape index (κ3) is 2.99. The molecule has 0 aliphatic carbocycles. The summed E-state index contributed by atoms with van der Waals surface area (Å²) in [5, 5.41) is 1.13. The van der Waals surface area contributed by atoms with Crippen LogP contribution in [-0.4, -0.2) is 34.4 Å². The lowest BCUT2D eigenvalue weighted by atomic mass is 10.1. The van der Waals surface area contributed by atoms with Crippen molar-refractivity contribution in [1.82, 2.24) is 14.5 Å². The molecule has 2 aromatic heterocycles. The third-order valence-corrected chi connectivity index (χ3v) is 4.42. The van der Waals surface area contributed by atoms with Gasteiger partial charge in [-0.25, -0.2) is 14.3 Å². The number of rotatable bonds is 4. The number of benzene rings is 1. The highest BCUT2D eigenvalue weighted by molar-refractivity contribution is 6.32. The van der Waals surface area contributed by atoms with E-state index < -0.39 is 5.69 Å². The van der Waals surface area contributed by atoms with Gasteiger partial charge < -0.3 is 9.47 Å². The first-order valence-corrected chi connectivity index (χ1v) is 8.37. The quantitative estimate of drug-likeness (QED) is 0.718. The smallest absolute Gasteiger partial charge is 0.357 e. The maximum Gasteiger partial charge on any atom is 0.357 e. The summed E-state index contributed by atoms with van der Waals surface area (Å²) in [4.78, 5) is 21.4. The lowest BCUT2D eigenvalue weighted by Gasteiger charge is -2.25. The molecule has 1 saturated heterocycles. The van der Waals surface area contributed by atoms with Crippen LogP contribution >= 0.6 is 11.6 Å². The first-order valence-electron chi connectivity index (χ1n) is 7.99. The van der Waals surface area contributed by atoms with Gasteiger partial charge >= 0.3 is 5.69 Å². The SMILES string of the molecule is Cc1ccc2c(OCC3COC3)nc(=O)n(-c3ccccc3Cl)c2n1. The number of para-hydroxylation sites is 1. The number of aromatic nitrogens is 3. The van der Waals surface area contributed by atoms with Gasteiger partial charge in [-0.1, -0.05) is 23.7 Å². The Labute approximate surface area is 149 Å². The molecule has 0 unspecified atom stereocenters. The van der Waals surface area contributed by atoms with Crippen LogP contribution in [0.4, 0.5) is 0 Å². The highest BCUT2D eigenvalue weighted by Crippen LogP contribution is 2.26. The van der Waals surface area contributed by atoms with Crippen molar-refractivity contribution in [3.05, 3.63) is 57.6 Å². The van der Waals surface area contributed by atoms with Gasteiger partial charge in [0.05, 0.1) is 35.9 Å². The van der Waals surface area contributed by atoms with E-state index in [0.29, 0.717) is 53.4 Å². The van der Waals surface area contributed by atoms with Crippen LogP contribution in [0.15, 0.2) is 41.2 Å². The summed E-state index contributed by atoms with van der Waals surface area (Å²) in [7, 11) is 0. The Morgan fingerprint density at radius 3 is 2.76 bits per heavy atom. The molecule has 3 heterocycles. The molecule has 0 atom stereocenters. The van der Waals surface area contributed by atoms with E-state index >= 15 is 0 Å². The summed E-state index contributed by atoms with van der Waals surface area (Å²) >= 11 is 6.28. The van der Waals surface area contributed by atoms with Crippen LogP contribution in [0, 0.1) is 12.8 Å². The molecule has 0 radical (unpaired) electrons.